The van der Waals surface area contributed by atoms with Crippen LogP contribution in [0.5, 0.6) is 0 Å². The fraction of sp³-hybridized carbons (Fsp3) is 0.667. The number of ketones is 1. The van der Waals surface area contributed by atoms with E-state index in [1.807, 2.05) is 0 Å². The molecule has 0 N–H and O–H groups in total. The molecule has 0 aliphatic carbocycles. The molecule has 0 rings (SSSR count). The summed E-state index contributed by atoms with van der Waals surface area (Å²) in [4.78, 5) is 1.53. The second-order valence-corrected chi connectivity index (χ2v) is 3.32. The monoisotopic (exact) mass is 286 g/mol. The van der Waals surface area contributed by atoms with Crippen molar-refractivity contribution in [2.24, 2.45) is 0 Å². The molecule has 60 valence electrons. The van der Waals surface area contributed by atoms with E-state index in [1.165, 1.54) is 31.9 Å². The second-order valence-electron chi connectivity index (χ2n) is 1.32. The lowest BCUT2D eigenvalue weighted by Gasteiger charge is -2.10. The van der Waals surface area contributed by atoms with Crippen LogP contribution in [-0.2, 0) is 4.79 Å². The highest BCUT2D eigenvalue weighted by atomic mass is 79.9. The van der Waals surface area contributed by atoms with Gasteiger partial charge in [0.2, 0.25) is 0 Å². The Balaban J connectivity index is 4.40. The minimum absolute atomic E-state index is 1.49. The molecule has 10 heavy (non-hydrogen) atoms. The third kappa shape index (κ3) is 2.96. The van der Waals surface area contributed by atoms with Crippen LogP contribution in [0.2, 0.25) is 0 Å². The van der Waals surface area contributed by atoms with Gasteiger partial charge in [-0.1, -0.05) is 0 Å². The lowest BCUT2D eigenvalue weighted by atomic mass is 10.4. The molecule has 0 heterocycles. The van der Waals surface area contributed by atoms with Crippen molar-refractivity contribution in [3.05, 3.63) is 0 Å². The molecule has 0 saturated heterocycles. The van der Waals surface area contributed by atoms with E-state index in [2.05, 4.69) is 0 Å². The van der Waals surface area contributed by atoms with Crippen molar-refractivity contribution >= 4 is 37.6 Å². The number of hydrogen-bond donors (Lipinski definition) is 0. The Morgan fingerprint density at radius 3 is 1.20 bits per heavy atom. The van der Waals surface area contributed by atoms with Crippen molar-refractivity contribution in [2.75, 3.05) is 0 Å². The van der Waals surface area contributed by atoms with Crippen LogP contribution in [0.1, 0.15) is 0 Å². The molecule has 0 aromatic rings. The lowest BCUT2D eigenvalue weighted by molar-refractivity contribution is -0.145. The summed E-state index contributed by atoms with van der Waals surface area (Å²) in [6.45, 7) is 0. The van der Waals surface area contributed by atoms with Gasteiger partial charge in [-0.05, 0) is 31.9 Å². The highest BCUT2D eigenvalue weighted by molar-refractivity contribution is 9.11. The highest BCUT2D eigenvalue weighted by Gasteiger charge is 2.50. The topological polar surface area (TPSA) is 17.1 Å². The Morgan fingerprint density at radius 2 is 1.20 bits per heavy atom. The number of rotatable bonds is 2. The van der Waals surface area contributed by atoms with Crippen LogP contribution in [0.3, 0.4) is 0 Å². The first-order valence-corrected chi connectivity index (χ1v) is 3.42. The smallest absolute Gasteiger partial charge is 0.284 e. The van der Waals surface area contributed by atoms with Crippen LogP contribution in [-0.4, -0.2) is 15.4 Å². The highest BCUT2D eigenvalue weighted by Crippen LogP contribution is 2.34. The van der Waals surface area contributed by atoms with E-state index in [0.717, 1.165) is 0 Å². The van der Waals surface area contributed by atoms with Crippen molar-refractivity contribution in [1.82, 2.24) is 0 Å². The summed E-state index contributed by atoms with van der Waals surface area (Å²) in [5, 5.41) is 0. The maximum absolute atomic E-state index is 11.7. The van der Waals surface area contributed by atoms with Crippen molar-refractivity contribution in [2.45, 2.75) is 9.66 Å². The number of alkyl halides is 6. The van der Waals surface area contributed by atoms with E-state index in [9.17, 15) is 22.4 Å². The summed E-state index contributed by atoms with van der Waals surface area (Å²) in [6.07, 6.45) is 0. The molecule has 0 aliphatic rings. The van der Waals surface area contributed by atoms with E-state index < -0.39 is 15.4 Å². The Morgan fingerprint density at radius 1 is 1.00 bits per heavy atom. The largest absolute Gasteiger partial charge is 0.365 e. The number of Topliss-reactive ketones (excluding diaryl/α,β-unsaturated/α-hetero) is 1. The van der Waals surface area contributed by atoms with Gasteiger partial charge in [-0.15, -0.1) is 0 Å². The number of halogens is 6. The van der Waals surface area contributed by atoms with Crippen molar-refractivity contribution < 1.29 is 22.4 Å². The molecule has 0 saturated carbocycles. The van der Waals surface area contributed by atoms with Crippen LogP contribution in [0.25, 0.3) is 0 Å². The van der Waals surface area contributed by atoms with Crippen molar-refractivity contribution in [3.63, 3.8) is 0 Å². The van der Waals surface area contributed by atoms with E-state index in [0.29, 0.717) is 0 Å². The number of carbonyl (C=O) groups excluding carboxylic acids is 1. The van der Waals surface area contributed by atoms with Gasteiger partial charge >= 0.3 is 9.66 Å². The third-order valence-corrected chi connectivity index (χ3v) is 1.24. The maximum atomic E-state index is 11.7. The summed E-state index contributed by atoms with van der Waals surface area (Å²) < 4.78 is 46.7. The summed E-state index contributed by atoms with van der Waals surface area (Å²) in [5.41, 5.74) is 0. The molecule has 0 radical (unpaired) electrons. The summed E-state index contributed by atoms with van der Waals surface area (Å²) in [7, 11) is 0. The van der Waals surface area contributed by atoms with Gasteiger partial charge < -0.3 is 0 Å². The SMILES string of the molecule is O=C(C(F)(F)Br)C(F)(F)Br. The Hall–Kier alpha value is 0.350. The Bertz CT molecular complexity index is 130. The zero-order valence-corrected chi connectivity index (χ0v) is 7.35. The molecule has 0 aliphatic heterocycles. The Labute approximate surface area is 70.0 Å². The van der Waals surface area contributed by atoms with Gasteiger partial charge in [-0.25, -0.2) is 0 Å². The van der Waals surface area contributed by atoms with E-state index in [4.69, 9.17) is 0 Å². The number of hydrogen-bond acceptors (Lipinski definition) is 1. The quantitative estimate of drug-likeness (QED) is 0.563. The minimum Gasteiger partial charge on any atom is -0.284 e. The first-order chi connectivity index (χ1) is 4.15. The zero-order valence-electron chi connectivity index (χ0n) is 4.18. The molecular weight excluding hydrogens is 288 g/mol. The fourth-order valence-electron chi connectivity index (χ4n) is 0.161. The molecule has 0 aromatic carbocycles. The van der Waals surface area contributed by atoms with Gasteiger partial charge in [-0.3, -0.25) is 4.79 Å². The molecule has 0 atom stereocenters. The molecule has 7 heteroatoms. The third-order valence-electron chi connectivity index (χ3n) is 0.515. The first kappa shape index (κ1) is 10.3. The van der Waals surface area contributed by atoms with Gasteiger partial charge in [-0.2, -0.15) is 17.6 Å². The minimum atomic E-state index is -4.18. The summed E-state index contributed by atoms with van der Waals surface area (Å²) in [6, 6.07) is 0. The van der Waals surface area contributed by atoms with Crippen molar-refractivity contribution in [3.8, 4) is 0 Å². The van der Waals surface area contributed by atoms with Crippen molar-refractivity contribution in [1.29, 1.82) is 0 Å². The van der Waals surface area contributed by atoms with Crippen LogP contribution in [0.15, 0.2) is 0 Å². The average Bonchev–Trinajstić information content (AvgIpc) is 1.59. The van der Waals surface area contributed by atoms with Crippen LogP contribution in [0, 0.1) is 0 Å². The van der Waals surface area contributed by atoms with Crippen LogP contribution in [0.4, 0.5) is 17.6 Å². The maximum Gasteiger partial charge on any atom is 0.365 e. The van der Waals surface area contributed by atoms with Crippen LogP contribution < -0.4 is 0 Å². The molecule has 0 bridgehead atoms. The van der Waals surface area contributed by atoms with E-state index in [-0.39, 0.29) is 0 Å². The number of carbonyl (C=O) groups is 1. The van der Waals surface area contributed by atoms with Gasteiger partial charge in [0.1, 0.15) is 0 Å². The second kappa shape index (κ2) is 2.77. The standard InChI is InChI=1S/C3Br2F4O/c4-2(6,7)1(10)3(5,8)9. The molecule has 0 fully saturated rings. The summed E-state index contributed by atoms with van der Waals surface area (Å²) in [5.74, 6) is -2.51. The predicted octanol–water partition coefficient (Wildman–Crippen LogP) is 2.53. The first-order valence-electron chi connectivity index (χ1n) is 1.84. The molecule has 1 nitrogen and oxygen atoms in total. The lowest BCUT2D eigenvalue weighted by Crippen LogP contribution is -2.34. The molecule has 0 unspecified atom stereocenters. The van der Waals surface area contributed by atoms with E-state index in [1.54, 1.807) is 0 Å². The summed E-state index contributed by atoms with van der Waals surface area (Å²) >= 11 is 2.97. The van der Waals surface area contributed by atoms with E-state index >= 15 is 0 Å². The van der Waals surface area contributed by atoms with Gasteiger partial charge in [0.05, 0.1) is 0 Å². The fourth-order valence-corrected chi connectivity index (χ4v) is 0.925. The van der Waals surface area contributed by atoms with Gasteiger partial charge in [0.25, 0.3) is 5.78 Å². The van der Waals surface area contributed by atoms with Gasteiger partial charge in [0, 0.05) is 0 Å². The zero-order chi connectivity index (χ0) is 8.58. The Kier molecular flexibility index (Phi) is 2.86. The molecule has 0 aromatic heterocycles. The molecule has 0 spiro atoms. The van der Waals surface area contributed by atoms with Crippen LogP contribution >= 0.6 is 31.9 Å². The molecule has 0 amide bonds. The average molecular weight is 288 g/mol. The van der Waals surface area contributed by atoms with Gasteiger partial charge in [0.15, 0.2) is 0 Å². The normalized spacial score (nSPS) is 13.4. The molecular formula is C3Br2F4O. The predicted molar refractivity (Wildman–Crippen MR) is 32.8 cm³/mol.